The predicted octanol–water partition coefficient (Wildman–Crippen LogP) is 0.524. The number of hydrogen-bond acceptors (Lipinski definition) is 2. The van der Waals surface area contributed by atoms with Gasteiger partial charge in [-0.2, -0.15) is 0 Å². The molecule has 0 heterocycles. The van der Waals surface area contributed by atoms with Crippen LogP contribution in [0.1, 0.15) is 12.8 Å². The quantitative estimate of drug-likeness (QED) is 0.290. The first-order valence-electron chi connectivity index (χ1n) is 2.26. The van der Waals surface area contributed by atoms with Crippen LogP contribution in [0.3, 0.4) is 0 Å². The molecule has 0 aromatic rings. The lowest BCUT2D eigenvalue weighted by atomic mass is 11.0. The number of hydrogen-bond donors (Lipinski definition) is 0. The molecule has 1 aliphatic carbocycles. The maximum Gasteiger partial charge on any atom is 0.231 e. The Labute approximate surface area is 44.5 Å². The first kappa shape index (κ1) is 4.75. The van der Waals surface area contributed by atoms with Gasteiger partial charge in [0.05, 0.1) is 0 Å². The molecule has 0 aromatic heterocycles. The van der Waals surface area contributed by atoms with E-state index in [2.05, 4.69) is 4.66 Å². The van der Waals surface area contributed by atoms with Crippen LogP contribution in [0.2, 0.25) is 5.54 Å². The number of carbonyl (C=O) groups excluding carboxylic acids is 1. The summed E-state index contributed by atoms with van der Waals surface area (Å²) in [4.78, 5) is 9.45. The predicted molar refractivity (Wildman–Crippen MR) is 26.9 cm³/mol. The molecule has 0 saturated heterocycles. The van der Waals surface area contributed by atoms with Gasteiger partial charge in [-0.05, 0) is 5.54 Å². The summed E-state index contributed by atoms with van der Waals surface area (Å²) >= 11 is 0. The zero-order valence-corrected chi connectivity index (χ0v) is 4.85. The molecular weight excluding hydrogens is 106 g/mol. The van der Waals surface area contributed by atoms with Crippen LogP contribution < -0.4 is 0 Å². The molecule has 0 aromatic carbocycles. The van der Waals surface area contributed by atoms with Crippen molar-refractivity contribution in [2.24, 2.45) is 4.66 Å². The van der Waals surface area contributed by atoms with Crippen molar-refractivity contribution in [3.63, 3.8) is 0 Å². The maximum atomic E-state index is 9.45. The highest BCUT2D eigenvalue weighted by atomic mass is 28.2. The lowest BCUT2D eigenvalue weighted by Gasteiger charge is -1.71. The molecule has 0 amide bonds. The third kappa shape index (κ3) is 1.66. The van der Waals surface area contributed by atoms with E-state index in [1.54, 1.807) is 0 Å². The average Bonchev–Trinajstić information content (AvgIpc) is 2.42. The molecule has 0 N–H and O–H groups in total. The van der Waals surface area contributed by atoms with E-state index in [-0.39, 0.29) is 0 Å². The van der Waals surface area contributed by atoms with Gasteiger partial charge < -0.3 is 0 Å². The van der Waals surface area contributed by atoms with Crippen molar-refractivity contribution in [2.45, 2.75) is 18.4 Å². The van der Waals surface area contributed by atoms with E-state index < -0.39 is 0 Å². The summed E-state index contributed by atoms with van der Waals surface area (Å²) < 4.78 is 3.46. The lowest BCUT2D eigenvalue weighted by Crippen LogP contribution is -1.78. The van der Waals surface area contributed by atoms with Crippen LogP contribution in [-0.4, -0.2) is 15.8 Å². The molecule has 7 heavy (non-hydrogen) atoms. The van der Waals surface area contributed by atoms with Crippen molar-refractivity contribution in [1.29, 1.82) is 0 Å². The van der Waals surface area contributed by atoms with Gasteiger partial charge in [-0.1, -0.05) is 12.8 Å². The highest BCUT2D eigenvalue weighted by Gasteiger charge is 2.21. The molecule has 0 spiro atoms. The lowest BCUT2D eigenvalue weighted by molar-refractivity contribution is 0.566. The van der Waals surface area contributed by atoms with Gasteiger partial charge >= 0.3 is 0 Å². The molecule has 1 saturated carbocycles. The normalized spacial score (nSPS) is 18.3. The number of nitrogens with zero attached hydrogens (tertiary/aromatic N) is 1. The minimum atomic E-state index is 0.501. The average molecular weight is 111 g/mol. The van der Waals surface area contributed by atoms with Crippen LogP contribution >= 0.6 is 0 Å². The maximum absolute atomic E-state index is 9.45. The molecule has 3 heteroatoms. The summed E-state index contributed by atoms with van der Waals surface area (Å²) in [6, 6.07) is 0. The Bertz CT molecular complexity index is 104. The third-order valence-corrected chi connectivity index (χ3v) is 2.03. The van der Waals surface area contributed by atoms with Crippen molar-refractivity contribution in [3.8, 4) is 0 Å². The van der Waals surface area contributed by atoms with Crippen LogP contribution in [-0.2, 0) is 4.79 Å². The molecule has 1 fully saturated rings. The van der Waals surface area contributed by atoms with Crippen LogP contribution in [0, 0.1) is 0 Å². The SMILES string of the molecule is O=C=N[Si]C1CC1. The van der Waals surface area contributed by atoms with Crippen molar-refractivity contribution < 1.29 is 4.79 Å². The Morgan fingerprint density at radius 3 is 2.86 bits per heavy atom. The van der Waals surface area contributed by atoms with Gasteiger partial charge in [-0.25, -0.2) is 9.45 Å². The van der Waals surface area contributed by atoms with Gasteiger partial charge in [-0.15, -0.1) is 0 Å². The largest absolute Gasteiger partial charge is 0.249 e. The number of isocyanates is 1. The van der Waals surface area contributed by atoms with E-state index in [1.165, 1.54) is 18.9 Å². The molecule has 0 aliphatic heterocycles. The van der Waals surface area contributed by atoms with Gasteiger partial charge in [0, 0.05) is 0 Å². The molecule has 0 atom stereocenters. The van der Waals surface area contributed by atoms with E-state index in [0.29, 0.717) is 9.68 Å². The fraction of sp³-hybridized carbons (Fsp3) is 0.750. The number of rotatable bonds is 2. The van der Waals surface area contributed by atoms with E-state index >= 15 is 0 Å². The molecule has 2 radical (unpaired) electrons. The van der Waals surface area contributed by atoms with Gasteiger partial charge in [-0.3, -0.25) is 0 Å². The van der Waals surface area contributed by atoms with Crippen molar-refractivity contribution in [3.05, 3.63) is 0 Å². The van der Waals surface area contributed by atoms with Crippen LogP contribution in [0.4, 0.5) is 0 Å². The first-order chi connectivity index (χ1) is 3.43. The standard InChI is InChI=1S/C4H5NOSi/c6-3-5-7-4-1-2-4/h4H,1-2H2. The Morgan fingerprint density at radius 1 is 1.71 bits per heavy atom. The smallest absolute Gasteiger partial charge is 0.231 e. The van der Waals surface area contributed by atoms with Gasteiger partial charge in [0.15, 0.2) is 0 Å². The van der Waals surface area contributed by atoms with Crippen molar-refractivity contribution in [1.82, 2.24) is 0 Å². The fourth-order valence-electron chi connectivity index (χ4n) is 0.330. The van der Waals surface area contributed by atoms with Gasteiger partial charge in [0.25, 0.3) is 0 Å². The Balaban J connectivity index is 2.09. The summed E-state index contributed by atoms with van der Waals surface area (Å²) in [7, 11) is 0.501. The zero-order chi connectivity index (χ0) is 5.11. The molecule has 0 unspecified atom stereocenters. The Hall–Kier alpha value is -0.403. The van der Waals surface area contributed by atoms with Crippen LogP contribution in [0.5, 0.6) is 0 Å². The first-order valence-corrected chi connectivity index (χ1v) is 3.28. The topological polar surface area (TPSA) is 29.4 Å². The molecule has 0 bridgehead atoms. The fourth-order valence-corrected chi connectivity index (χ4v) is 0.990. The molecular formula is C4H5NOSi. The summed E-state index contributed by atoms with van der Waals surface area (Å²) in [6.07, 6.45) is 4.06. The summed E-state index contributed by atoms with van der Waals surface area (Å²) in [6.45, 7) is 0. The minimum Gasteiger partial charge on any atom is -0.249 e. The van der Waals surface area contributed by atoms with E-state index in [4.69, 9.17) is 0 Å². The third-order valence-electron chi connectivity index (χ3n) is 0.870. The Morgan fingerprint density at radius 2 is 2.43 bits per heavy atom. The van der Waals surface area contributed by atoms with Crippen LogP contribution in [0.15, 0.2) is 4.66 Å². The second-order valence-corrected chi connectivity index (χ2v) is 2.90. The highest BCUT2D eigenvalue weighted by Crippen LogP contribution is 2.34. The Kier molecular flexibility index (Phi) is 1.39. The van der Waals surface area contributed by atoms with Crippen molar-refractivity contribution in [2.75, 3.05) is 0 Å². The molecule has 1 aliphatic rings. The summed E-state index contributed by atoms with van der Waals surface area (Å²) in [5, 5.41) is 0. The monoisotopic (exact) mass is 111 g/mol. The van der Waals surface area contributed by atoms with Gasteiger partial charge in [0.2, 0.25) is 15.8 Å². The summed E-state index contributed by atoms with van der Waals surface area (Å²) in [5.74, 6) is 0. The summed E-state index contributed by atoms with van der Waals surface area (Å²) in [5.41, 5.74) is 0.751. The molecule has 1 rings (SSSR count). The second-order valence-electron chi connectivity index (χ2n) is 1.61. The highest BCUT2D eigenvalue weighted by molar-refractivity contribution is 6.37. The van der Waals surface area contributed by atoms with Crippen molar-refractivity contribution >= 4 is 15.8 Å². The molecule has 2 nitrogen and oxygen atoms in total. The minimum absolute atomic E-state index is 0.501. The van der Waals surface area contributed by atoms with E-state index in [1.807, 2.05) is 0 Å². The second kappa shape index (κ2) is 2.05. The van der Waals surface area contributed by atoms with Crippen LogP contribution in [0.25, 0.3) is 0 Å². The zero-order valence-electron chi connectivity index (χ0n) is 3.85. The van der Waals surface area contributed by atoms with Gasteiger partial charge in [0.1, 0.15) is 0 Å². The van der Waals surface area contributed by atoms with E-state index in [0.717, 1.165) is 5.54 Å². The molecule has 36 valence electrons. The van der Waals surface area contributed by atoms with E-state index in [9.17, 15) is 4.79 Å².